The van der Waals surface area contributed by atoms with E-state index < -0.39 is 10.9 Å². The van der Waals surface area contributed by atoms with Crippen LogP contribution in [0, 0.1) is 17.0 Å². The van der Waals surface area contributed by atoms with Gasteiger partial charge in [-0.3, -0.25) is 10.1 Å². The molecule has 6 heteroatoms. The van der Waals surface area contributed by atoms with Crippen molar-refractivity contribution in [2.75, 3.05) is 0 Å². The van der Waals surface area contributed by atoms with Crippen LogP contribution in [0.4, 0.5) is 5.69 Å². The van der Waals surface area contributed by atoms with E-state index in [0.29, 0.717) is 12.1 Å². The second kappa shape index (κ2) is 5.64. The normalized spacial score (nSPS) is 10.4. The summed E-state index contributed by atoms with van der Waals surface area (Å²) in [5.41, 5.74) is 1.40. The van der Waals surface area contributed by atoms with Gasteiger partial charge in [0, 0.05) is 30.5 Å². The van der Waals surface area contributed by atoms with E-state index in [1.165, 1.54) is 12.3 Å². The summed E-state index contributed by atoms with van der Waals surface area (Å²) in [5.74, 6) is -1.05. The van der Waals surface area contributed by atoms with Gasteiger partial charge in [0.05, 0.1) is 4.92 Å². The van der Waals surface area contributed by atoms with Crippen molar-refractivity contribution in [1.29, 1.82) is 0 Å². The molecule has 17 heavy (non-hydrogen) atoms. The zero-order valence-electron chi connectivity index (χ0n) is 9.21. The molecule has 1 rings (SSSR count). The first-order valence-corrected chi connectivity index (χ1v) is 4.88. The number of carboxylic acids is 1. The summed E-state index contributed by atoms with van der Waals surface area (Å²) in [6.07, 6.45) is 2.26. The standard InChI is InChI=1S/C11H12N2O4/c1-8-9(7-12-6-5-11(14)15)3-2-4-10(8)13(16)17/h2-6,12H,7H2,1H3,(H,14,15)/b6-5+. The Labute approximate surface area is 97.7 Å². The third-order valence-corrected chi connectivity index (χ3v) is 2.25. The maximum Gasteiger partial charge on any atom is 0.329 e. The predicted octanol–water partition coefficient (Wildman–Crippen LogP) is 1.59. The first-order valence-electron chi connectivity index (χ1n) is 4.88. The highest BCUT2D eigenvalue weighted by Crippen LogP contribution is 2.20. The number of nitrogens with one attached hydrogen (secondary N) is 1. The van der Waals surface area contributed by atoms with Crippen molar-refractivity contribution < 1.29 is 14.8 Å². The minimum absolute atomic E-state index is 0.0616. The molecule has 0 saturated carbocycles. The lowest BCUT2D eigenvalue weighted by Crippen LogP contribution is -2.08. The highest BCUT2D eigenvalue weighted by atomic mass is 16.6. The molecule has 1 aromatic rings. The number of hydrogen-bond acceptors (Lipinski definition) is 4. The van der Waals surface area contributed by atoms with Crippen LogP contribution in [0.1, 0.15) is 11.1 Å². The summed E-state index contributed by atoms with van der Waals surface area (Å²) in [7, 11) is 0. The van der Waals surface area contributed by atoms with Crippen LogP contribution in [0.25, 0.3) is 0 Å². The zero-order chi connectivity index (χ0) is 12.8. The highest BCUT2D eigenvalue weighted by Gasteiger charge is 2.12. The van der Waals surface area contributed by atoms with E-state index in [4.69, 9.17) is 5.11 Å². The minimum atomic E-state index is -1.05. The molecule has 0 atom stereocenters. The first kappa shape index (κ1) is 12.7. The topological polar surface area (TPSA) is 92.5 Å². The number of benzene rings is 1. The van der Waals surface area contributed by atoms with Gasteiger partial charge < -0.3 is 10.4 Å². The molecule has 1 aromatic carbocycles. The minimum Gasteiger partial charge on any atom is -0.478 e. The molecule has 0 aliphatic rings. The number of hydrogen-bond donors (Lipinski definition) is 2. The lowest BCUT2D eigenvalue weighted by atomic mass is 10.1. The van der Waals surface area contributed by atoms with Crippen molar-refractivity contribution >= 4 is 11.7 Å². The van der Waals surface area contributed by atoms with Gasteiger partial charge in [0.25, 0.3) is 5.69 Å². The molecule has 6 nitrogen and oxygen atoms in total. The van der Waals surface area contributed by atoms with E-state index >= 15 is 0 Å². The molecule has 90 valence electrons. The van der Waals surface area contributed by atoms with Crippen LogP contribution in [0.2, 0.25) is 0 Å². The Morgan fingerprint density at radius 1 is 1.59 bits per heavy atom. The Kier molecular flexibility index (Phi) is 4.21. The molecule has 0 fully saturated rings. The van der Waals surface area contributed by atoms with E-state index in [9.17, 15) is 14.9 Å². The average molecular weight is 236 g/mol. The predicted molar refractivity (Wildman–Crippen MR) is 61.4 cm³/mol. The molecule has 0 radical (unpaired) electrons. The average Bonchev–Trinajstić information content (AvgIpc) is 2.25. The Morgan fingerprint density at radius 2 is 2.29 bits per heavy atom. The van der Waals surface area contributed by atoms with Crippen molar-refractivity contribution in [3.63, 3.8) is 0 Å². The summed E-state index contributed by atoms with van der Waals surface area (Å²) in [6.45, 7) is 2.01. The van der Waals surface area contributed by atoms with Gasteiger partial charge in [-0.2, -0.15) is 0 Å². The molecule has 0 spiro atoms. The molecule has 0 amide bonds. The second-order valence-electron chi connectivity index (χ2n) is 3.37. The van der Waals surface area contributed by atoms with Crippen molar-refractivity contribution in [3.05, 3.63) is 51.7 Å². The number of nitrogens with zero attached hydrogens (tertiary/aromatic N) is 1. The fourth-order valence-corrected chi connectivity index (χ4v) is 1.36. The molecule has 0 saturated heterocycles. The summed E-state index contributed by atoms with van der Waals surface area (Å²) in [4.78, 5) is 20.5. The number of carboxylic acid groups (broad SMARTS) is 1. The quantitative estimate of drug-likeness (QED) is 0.460. The molecule has 0 aliphatic carbocycles. The lowest BCUT2D eigenvalue weighted by Gasteiger charge is -2.05. The van der Waals surface area contributed by atoms with E-state index in [2.05, 4.69) is 5.32 Å². The third-order valence-electron chi connectivity index (χ3n) is 2.25. The van der Waals surface area contributed by atoms with Gasteiger partial charge in [-0.15, -0.1) is 0 Å². The third kappa shape index (κ3) is 3.60. The van der Waals surface area contributed by atoms with Crippen LogP contribution >= 0.6 is 0 Å². The van der Waals surface area contributed by atoms with Gasteiger partial charge in [-0.1, -0.05) is 12.1 Å². The SMILES string of the molecule is Cc1c(CN/C=C/C(=O)O)cccc1[N+](=O)[O-]. The van der Waals surface area contributed by atoms with E-state index in [1.54, 1.807) is 19.1 Å². The molecule has 2 N–H and O–H groups in total. The maximum absolute atomic E-state index is 10.7. The second-order valence-corrected chi connectivity index (χ2v) is 3.37. The molecule has 0 aromatic heterocycles. The summed E-state index contributed by atoms with van der Waals surface area (Å²) >= 11 is 0. The smallest absolute Gasteiger partial charge is 0.329 e. The zero-order valence-corrected chi connectivity index (χ0v) is 9.21. The van der Waals surface area contributed by atoms with E-state index in [-0.39, 0.29) is 5.69 Å². The van der Waals surface area contributed by atoms with Crippen LogP contribution in [-0.4, -0.2) is 16.0 Å². The van der Waals surface area contributed by atoms with Gasteiger partial charge >= 0.3 is 5.97 Å². The van der Waals surface area contributed by atoms with Gasteiger partial charge in [0.2, 0.25) is 0 Å². The van der Waals surface area contributed by atoms with Crippen LogP contribution in [0.3, 0.4) is 0 Å². The Balaban J connectivity index is 2.75. The fraction of sp³-hybridized carbons (Fsp3) is 0.182. The maximum atomic E-state index is 10.7. The molecule has 0 heterocycles. The van der Waals surface area contributed by atoms with Gasteiger partial charge in [0.1, 0.15) is 0 Å². The Hall–Kier alpha value is -2.37. The summed E-state index contributed by atoms with van der Waals surface area (Å²) in [5, 5.41) is 21.8. The van der Waals surface area contributed by atoms with Crippen molar-refractivity contribution in [2.24, 2.45) is 0 Å². The van der Waals surface area contributed by atoms with Crippen molar-refractivity contribution in [1.82, 2.24) is 5.32 Å². The van der Waals surface area contributed by atoms with Crippen LogP contribution in [0.15, 0.2) is 30.5 Å². The number of rotatable bonds is 5. The van der Waals surface area contributed by atoms with Crippen molar-refractivity contribution in [3.8, 4) is 0 Å². The van der Waals surface area contributed by atoms with Gasteiger partial charge in [-0.25, -0.2) is 4.79 Å². The Morgan fingerprint density at radius 3 is 2.88 bits per heavy atom. The molecule has 0 aliphatic heterocycles. The van der Waals surface area contributed by atoms with Gasteiger partial charge in [0.15, 0.2) is 0 Å². The molecule has 0 bridgehead atoms. The largest absolute Gasteiger partial charge is 0.478 e. The van der Waals surface area contributed by atoms with E-state index in [0.717, 1.165) is 11.6 Å². The van der Waals surface area contributed by atoms with Crippen molar-refractivity contribution in [2.45, 2.75) is 13.5 Å². The van der Waals surface area contributed by atoms with E-state index in [1.807, 2.05) is 0 Å². The first-order chi connectivity index (χ1) is 8.02. The van der Waals surface area contributed by atoms with Gasteiger partial charge in [-0.05, 0) is 12.5 Å². The van der Waals surface area contributed by atoms with Crippen LogP contribution < -0.4 is 5.32 Å². The highest BCUT2D eigenvalue weighted by molar-refractivity contribution is 5.79. The number of aliphatic carboxylic acids is 1. The summed E-state index contributed by atoms with van der Waals surface area (Å²) < 4.78 is 0. The molecule has 0 unspecified atom stereocenters. The monoisotopic (exact) mass is 236 g/mol. The molecular formula is C11H12N2O4. The van der Waals surface area contributed by atoms with Crippen LogP contribution in [0.5, 0.6) is 0 Å². The molecular weight excluding hydrogens is 224 g/mol. The number of nitro groups is 1. The summed E-state index contributed by atoms with van der Waals surface area (Å²) in [6, 6.07) is 4.79. The van der Waals surface area contributed by atoms with Crippen LogP contribution in [-0.2, 0) is 11.3 Å². The number of nitro benzene ring substituents is 1. The Bertz CT molecular complexity index is 469. The lowest BCUT2D eigenvalue weighted by molar-refractivity contribution is -0.385. The fourth-order valence-electron chi connectivity index (χ4n) is 1.36. The number of carbonyl (C=O) groups is 1.